The Hall–Kier alpha value is -2.00. The smallest absolute Gasteiger partial charge is 0.257 e. The van der Waals surface area contributed by atoms with Crippen molar-refractivity contribution in [2.24, 2.45) is 0 Å². The summed E-state index contributed by atoms with van der Waals surface area (Å²) in [5, 5.41) is 0.484. The Morgan fingerprint density at radius 1 is 1.00 bits per heavy atom. The van der Waals surface area contributed by atoms with Gasteiger partial charge in [-0.1, -0.05) is 35.9 Å². The summed E-state index contributed by atoms with van der Waals surface area (Å²) >= 11 is 6.34. The van der Waals surface area contributed by atoms with Crippen LogP contribution in [0.1, 0.15) is 24.2 Å². The minimum Gasteiger partial charge on any atom is -0.344 e. The molecule has 0 fully saturated rings. The summed E-state index contributed by atoms with van der Waals surface area (Å²) in [7, 11) is 1.94. The largest absolute Gasteiger partial charge is 0.344 e. The van der Waals surface area contributed by atoms with Crippen LogP contribution in [0, 0.1) is 0 Å². The van der Waals surface area contributed by atoms with Crippen LogP contribution in [0.4, 0.5) is 11.4 Å². The molecule has 0 saturated carbocycles. The summed E-state index contributed by atoms with van der Waals surface area (Å²) in [5.74, 6) is -0.0339. The number of halogens is 1. The summed E-state index contributed by atoms with van der Waals surface area (Å²) in [4.78, 5) is 16.6. The average molecular weight is 317 g/mol. The topological polar surface area (TPSA) is 23.6 Å². The number of rotatable bonds is 5. The molecule has 0 atom stereocenters. The molecule has 0 radical (unpaired) electrons. The Balaban J connectivity index is 2.49. The molecule has 2 aromatic carbocycles. The van der Waals surface area contributed by atoms with E-state index in [0.29, 0.717) is 23.7 Å². The normalized spacial score (nSPS) is 10.4. The summed E-state index contributed by atoms with van der Waals surface area (Å²) in [6, 6.07) is 15.5. The van der Waals surface area contributed by atoms with Gasteiger partial charge in [-0.2, -0.15) is 0 Å². The van der Waals surface area contributed by atoms with Crippen molar-refractivity contribution < 1.29 is 4.79 Å². The molecule has 0 spiro atoms. The molecule has 0 N–H and O–H groups in total. The number of hydrogen-bond donors (Lipinski definition) is 0. The Labute approximate surface area is 137 Å². The zero-order chi connectivity index (χ0) is 16.1. The first-order chi connectivity index (χ1) is 10.6. The maximum absolute atomic E-state index is 12.8. The van der Waals surface area contributed by atoms with Crippen LogP contribution >= 0.6 is 11.6 Å². The number of nitrogens with zero attached hydrogens (tertiary/aromatic N) is 2. The number of carbonyl (C=O) groups excluding carboxylic acids is 1. The van der Waals surface area contributed by atoms with Crippen LogP contribution in [0.5, 0.6) is 0 Å². The van der Waals surface area contributed by atoms with Gasteiger partial charge in [0.1, 0.15) is 0 Å². The molecule has 0 bridgehead atoms. The molecule has 3 nitrogen and oxygen atoms in total. The van der Waals surface area contributed by atoms with E-state index >= 15 is 0 Å². The van der Waals surface area contributed by atoms with Gasteiger partial charge in [-0.3, -0.25) is 4.79 Å². The van der Waals surface area contributed by atoms with E-state index in [4.69, 9.17) is 11.6 Å². The van der Waals surface area contributed by atoms with Gasteiger partial charge in [0, 0.05) is 25.8 Å². The molecule has 2 rings (SSSR count). The zero-order valence-electron chi connectivity index (χ0n) is 13.2. The standard InChI is InChI=1S/C18H21ClN2O/c1-4-21(5-2)18(22)17-15(19)12-9-13-16(17)20(3)14-10-7-6-8-11-14/h6-13H,4-5H2,1-3H3. The average Bonchev–Trinajstić information content (AvgIpc) is 2.55. The first-order valence-corrected chi connectivity index (χ1v) is 7.84. The minimum atomic E-state index is -0.0339. The first kappa shape index (κ1) is 16.4. The number of amides is 1. The van der Waals surface area contributed by atoms with Gasteiger partial charge in [0.05, 0.1) is 16.3 Å². The highest BCUT2D eigenvalue weighted by molar-refractivity contribution is 6.34. The molecule has 0 unspecified atom stereocenters. The van der Waals surface area contributed by atoms with Crippen LogP contribution in [0.2, 0.25) is 5.02 Å². The molecule has 0 heterocycles. The van der Waals surface area contributed by atoms with Crippen molar-refractivity contribution in [1.82, 2.24) is 4.90 Å². The molecule has 2 aromatic rings. The molecule has 0 aliphatic carbocycles. The SMILES string of the molecule is CCN(CC)C(=O)c1c(Cl)cccc1N(C)c1ccccc1. The second-order valence-corrected chi connectivity index (χ2v) is 5.41. The molecule has 22 heavy (non-hydrogen) atoms. The summed E-state index contributed by atoms with van der Waals surface area (Å²) in [6.07, 6.45) is 0. The van der Waals surface area contributed by atoms with Crippen LogP contribution < -0.4 is 4.90 Å². The van der Waals surface area contributed by atoms with Crippen LogP contribution in [0.3, 0.4) is 0 Å². The van der Waals surface area contributed by atoms with E-state index in [1.54, 1.807) is 11.0 Å². The van der Waals surface area contributed by atoms with Gasteiger partial charge >= 0.3 is 0 Å². The van der Waals surface area contributed by atoms with Gasteiger partial charge in [0.15, 0.2) is 0 Å². The summed E-state index contributed by atoms with van der Waals surface area (Å²) < 4.78 is 0. The van der Waals surface area contributed by atoms with Gasteiger partial charge in [-0.05, 0) is 38.1 Å². The number of anilines is 2. The quantitative estimate of drug-likeness (QED) is 0.805. The monoisotopic (exact) mass is 316 g/mol. The van der Waals surface area contributed by atoms with E-state index in [2.05, 4.69) is 0 Å². The van der Waals surface area contributed by atoms with Crippen LogP contribution in [0.25, 0.3) is 0 Å². The molecule has 116 valence electrons. The number of para-hydroxylation sites is 1. The molecule has 4 heteroatoms. The van der Waals surface area contributed by atoms with E-state index in [0.717, 1.165) is 11.4 Å². The van der Waals surface area contributed by atoms with Crippen molar-refractivity contribution in [1.29, 1.82) is 0 Å². The lowest BCUT2D eigenvalue weighted by Gasteiger charge is -2.26. The van der Waals surface area contributed by atoms with Gasteiger partial charge in [0.25, 0.3) is 5.91 Å². The molecule has 0 aromatic heterocycles. The molecular weight excluding hydrogens is 296 g/mol. The van der Waals surface area contributed by atoms with Crippen LogP contribution in [-0.2, 0) is 0 Å². The Morgan fingerprint density at radius 3 is 2.23 bits per heavy atom. The molecule has 0 saturated heterocycles. The molecule has 0 aliphatic rings. The van der Waals surface area contributed by atoms with E-state index in [9.17, 15) is 4.79 Å². The minimum absolute atomic E-state index is 0.0339. The lowest BCUT2D eigenvalue weighted by Crippen LogP contribution is -2.32. The highest BCUT2D eigenvalue weighted by Crippen LogP contribution is 2.32. The highest BCUT2D eigenvalue weighted by Gasteiger charge is 2.22. The van der Waals surface area contributed by atoms with Crippen molar-refractivity contribution in [2.45, 2.75) is 13.8 Å². The number of carbonyl (C=O) groups is 1. The Kier molecular flexibility index (Phi) is 5.45. The van der Waals surface area contributed by atoms with E-state index < -0.39 is 0 Å². The maximum atomic E-state index is 12.8. The van der Waals surface area contributed by atoms with Crippen molar-refractivity contribution >= 4 is 28.9 Å². The first-order valence-electron chi connectivity index (χ1n) is 7.46. The molecule has 0 aliphatic heterocycles. The third kappa shape index (κ3) is 3.25. The Bertz CT molecular complexity index is 639. The fourth-order valence-electron chi connectivity index (χ4n) is 2.46. The number of hydrogen-bond acceptors (Lipinski definition) is 2. The van der Waals surface area contributed by atoms with Crippen molar-refractivity contribution in [3.63, 3.8) is 0 Å². The van der Waals surface area contributed by atoms with Crippen LogP contribution in [-0.4, -0.2) is 30.9 Å². The summed E-state index contributed by atoms with van der Waals surface area (Å²) in [6.45, 7) is 5.27. The van der Waals surface area contributed by atoms with Crippen molar-refractivity contribution in [2.75, 3.05) is 25.0 Å². The molecular formula is C18H21ClN2O. The maximum Gasteiger partial charge on any atom is 0.257 e. The predicted molar refractivity (Wildman–Crippen MR) is 93.2 cm³/mol. The van der Waals surface area contributed by atoms with E-state index in [-0.39, 0.29) is 5.91 Å². The van der Waals surface area contributed by atoms with E-state index in [1.165, 1.54) is 0 Å². The van der Waals surface area contributed by atoms with Crippen molar-refractivity contribution in [3.8, 4) is 0 Å². The third-order valence-corrected chi connectivity index (χ3v) is 4.08. The van der Waals surface area contributed by atoms with Gasteiger partial charge < -0.3 is 9.80 Å². The zero-order valence-corrected chi connectivity index (χ0v) is 14.0. The van der Waals surface area contributed by atoms with Crippen molar-refractivity contribution in [3.05, 3.63) is 59.1 Å². The molecule has 1 amide bonds. The van der Waals surface area contributed by atoms with Crippen LogP contribution in [0.15, 0.2) is 48.5 Å². The van der Waals surface area contributed by atoms with Gasteiger partial charge in [-0.25, -0.2) is 0 Å². The van der Waals surface area contributed by atoms with Gasteiger partial charge in [0.2, 0.25) is 0 Å². The second kappa shape index (κ2) is 7.32. The Morgan fingerprint density at radius 2 is 1.64 bits per heavy atom. The second-order valence-electron chi connectivity index (χ2n) is 5.01. The lowest BCUT2D eigenvalue weighted by molar-refractivity contribution is 0.0774. The number of benzene rings is 2. The van der Waals surface area contributed by atoms with Gasteiger partial charge in [-0.15, -0.1) is 0 Å². The van der Waals surface area contributed by atoms with E-state index in [1.807, 2.05) is 68.3 Å². The fraction of sp³-hybridized carbons (Fsp3) is 0.278. The third-order valence-electron chi connectivity index (χ3n) is 3.76. The fourth-order valence-corrected chi connectivity index (χ4v) is 2.71. The predicted octanol–water partition coefficient (Wildman–Crippen LogP) is 4.59. The highest BCUT2D eigenvalue weighted by atomic mass is 35.5. The lowest BCUT2D eigenvalue weighted by atomic mass is 10.1. The summed E-state index contributed by atoms with van der Waals surface area (Å²) in [5.41, 5.74) is 2.38.